The average Bonchev–Trinajstić information content (AvgIpc) is 2.78. The Morgan fingerprint density at radius 3 is 2.25 bits per heavy atom. The molecular weight excluding hydrogens is 304 g/mol. The van der Waals surface area contributed by atoms with Crippen molar-refractivity contribution in [3.05, 3.63) is 58.1 Å². The number of hydrogen-bond acceptors (Lipinski definition) is 4. The number of methoxy groups -OCH3 is 1. The number of benzene rings is 1. The Hall–Kier alpha value is -2.75. The highest BCUT2D eigenvalue weighted by Crippen LogP contribution is 2.33. The Labute approximate surface area is 140 Å². The minimum Gasteiger partial charge on any atom is -0.497 e. The van der Waals surface area contributed by atoms with Crippen molar-refractivity contribution in [2.75, 3.05) is 13.7 Å². The van der Waals surface area contributed by atoms with Crippen molar-refractivity contribution in [1.29, 1.82) is 0 Å². The third-order valence-corrected chi connectivity index (χ3v) is 4.05. The van der Waals surface area contributed by atoms with E-state index in [2.05, 4.69) is 0 Å². The zero-order valence-electron chi connectivity index (χ0n) is 14.3. The molecule has 1 aromatic heterocycles. The van der Waals surface area contributed by atoms with Crippen molar-refractivity contribution in [3.63, 3.8) is 0 Å². The summed E-state index contributed by atoms with van der Waals surface area (Å²) in [5, 5.41) is 1.33. The molecule has 0 atom stereocenters. The monoisotopic (exact) mass is 324 g/mol. The van der Waals surface area contributed by atoms with Crippen LogP contribution in [0.2, 0.25) is 0 Å². The van der Waals surface area contributed by atoms with Crippen LogP contribution in [0.1, 0.15) is 18.4 Å². The minimum atomic E-state index is -0.0730. The van der Waals surface area contributed by atoms with Crippen LogP contribution in [0, 0.1) is 13.8 Å². The van der Waals surface area contributed by atoms with Gasteiger partial charge in [0, 0.05) is 0 Å². The van der Waals surface area contributed by atoms with Crippen LogP contribution in [0.3, 0.4) is 0 Å². The normalized spacial score (nSPS) is 10.8. The molecule has 0 N–H and O–H groups in total. The maximum Gasteiger partial charge on any atom is 0.190 e. The predicted octanol–water partition coefficient (Wildman–Crippen LogP) is 4.48. The van der Waals surface area contributed by atoms with Gasteiger partial charge in [-0.3, -0.25) is 4.79 Å². The summed E-state index contributed by atoms with van der Waals surface area (Å²) in [6.07, 6.45) is 0. The number of rotatable bonds is 4. The maximum atomic E-state index is 12.7. The lowest BCUT2D eigenvalue weighted by Crippen LogP contribution is -1.96. The Morgan fingerprint density at radius 2 is 1.62 bits per heavy atom. The molecular formula is C20H20O4. The van der Waals surface area contributed by atoms with Crippen LogP contribution >= 0.6 is 0 Å². The SMILES string of the molecule is CCOc1cc(-c2ccc(OC)cc2)cc(=O)c2c(C)oc(C)c12. The maximum absolute atomic E-state index is 12.7. The molecule has 0 fully saturated rings. The third-order valence-electron chi connectivity index (χ3n) is 4.05. The molecule has 0 unspecified atom stereocenters. The van der Waals surface area contributed by atoms with Crippen LogP contribution in [0.4, 0.5) is 0 Å². The average molecular weight is 324 g/mol. The van der Waals surface area contributed by atoms with Crippen molar-refractivity contribution in [2.45, 2.75) is 20.8 Å². The van der Waals surface area contributed by atoms with Gasteiger partial charge >= 0.3 is 0 Å². The molecule has 3 aromatic rings. The Balaban J connectivity index is 2.32. The van der Waals surface area contributed by atoms with Crippen LogP contribution < -0.4 is 14.9 Å². The largest absolute Gasteiger partial charge is 0.497 e. The molecule has 0 bridgehead atoms. The highest BCUT2D eigenvalue weighted by Gasteiger charge is 2.16. The fourth-order valence-electron chi connectivity index (χ4n) is 2.97. The second-order valence-electron chi connectivity index (χ2n) is 5.60. The van der Waals surface area contributed by atoms with Gasteiger partial charge in [0.1, 0.15) is 23.0 Å². The van der Waals surface area contributed by atoms with Gasteiger partial charge in [-0.2, -0.15) is 0 Å². The summed E-state index contributed by atoms with van der Waals surface area (Å²) < 4.78 is 16.7. The van der Waals surface area contributed by atoms with Crippen molar-refractivity contribution >= 4 is 10.8 Å². The van der Waals surface area contributed by atoms with Crippen molar-refractivity contribution in [1.82, 2.24) is 0 Å². The van der Waals surface area contributed by atoms with E-state index in [1.165, 1.54) is 0 Å². The second-order valence-corrected chi connectivity index (χ2v) is 5.60. The predicted molar refractivity (Wildman–Crippen MR) is 95.1 cm³/mol. The summed E-state index contributed by atoms with van der Waals surface area (Å²) in [5.41, 5.74) is 1.66. The molecule has 0 aliphatic rings. The van der Waals surface area contributed by atoms with Crippen LogP contribution in [-0.2, 0) is 0 Å². The summed E-state index contributed by atoms with van der Waals surface area (Å²) in [4.78, 5) is 12.7. The molecule has 0 radical (unpaired) electrons. The van der Waals surface area contributed by atoms with E-state index >= 15 is 0 Å². The topological polar surface area (TPSA) is 48.7 Å². The Morgan fingerprint density at radius 1 is 0.958 bits per heavy atom. The van der Waals surface area contributed by atoms with Gasteiger partial charge in [-0.1, -0.05) is 12.1 Å². The van der Waals surface area contributed by atoms with Crippen molar-refractivity contribution in [2.24, 2.45) is 0 Å². The summed E-state index contributed by atoms with van der Waals surface area (Å²) >= 11 is 0. The van der Waals surface area contributed by atoms with Gasteiger partial charge in [-0.25, -0.2) is 0 Å². The molecule has 24 heavy (non-hydrogen) atoms. The zero-order valence-corrected chi connectivity index (χ0v) is 14.3. The lowest BCUT2D eigenvalue weighted by molar-refractivity contribution is 0.344. The highest BCUT2D eigenvalue weighted by molar-refractivity contribution is 5.92. The number of ether oxygens (including phenoxy) is 2. The van der Waals surface area contributed by atoms with Crippen LogP contribution in [0.5, 0.6) is 11.5 Å². The number of hydrogen-bond donors (Lipinski definition) is 0. The third kappa shape index (κ3) is 2.75. The number of furan rings is 1. The van der Waals surface area contributed by atoms with Gasteiger partial charge in [0.15, 0.2) is 5.43 Å². The standard InChI is InChI=1S/C20H20O4/c1-5-23-18-11-15(14-6-8-16(22-4)9-7-14)10-17(21)19-12(2)24-13(3)20(18)19/h6-11H,5H2,1-4H3. The van der Waals surface area contributed by atoms with Gasteiger partial charge in [0.25, 0.3) is 0 Å². The van der Waals surface area contributed by atoms with E-state index in [4.69, 9.17) is 13.9 Å². The first-order valence-electron chi connectivity index (χ1n) is 7.90. The summed E-state index contributed by atoms with van der Waals surface area (Å²) in [6.45, 7) is 6.09. The van der Waals surface area contributed by atoms with E-state index in [0.29, 0.717) is 29.3 Å². The fourth-order valence-corrected chi connectivity index (χ4v) is 2.97. The molecule has 4 heteroatoms. The van der Waals surface area contributed by atoms with Gasteiger partial charge in [-0.15, -0.1) is 0 Å². The fraction of sp³-hybridized carbons (Fsp3) is 0.250. The molecule has 3 rings (SSSR count). The van der Waals surface area contributed by atoms with E-state index < -0.39 is 0 Å². The van der Waals surface area contributed by atoms with E-state index in [1.54, 1.807) is 20.1 Å². The minimum absolute atomic E-state index is 0.0730. The van der Waals surface area contributed by atoms with Crippen molar-refractivity contribution in [3.8, 4) is 22.6 Å². The molecule has 1 heterocycles. The molecule has 0 saturated heterocycles. The van der Waals surface area contributed by atoms with Crippen LogP contribution in [-0.4, -0.2) is 13.7 Å². The first kappa shape index (κ1) is 16.1. The highest BCUT2D eigenvalue weighted by atomic mass is 16.5. The lowest BCUT2D eigenvalue weighted by Gasteiger charge is -2.05. The molecule has 0 aliphatic carbocycles. The summed E-state index contributed by atoms with van der Waals surface area (Å²) in [7, 11) is 1.63. The first-order valence-corrected chi connectivity index (χ1v) is 7.90. The van der Waals surface area contributed by atoms with E-state index in [1.807, 2.05) is 44.2 Å². The van der Waals surface area contributed by atoms with Gasteiger partial charge in [0.05, 0.1) is 24.5 Å². The van der Waals surface area contributed by atoms with Crippen molar-refractivity contribution < 1.29 is 13.9 Å². The van der Waals surface area contributed by atoms with Crippen LogP contribution in [0.15, 0.2) is 45.6 Å². The van der Waals surface area contributed by atoms with Gasteiger partial charge in [0.2, 0.25) is 0 Å². The molecule has 2 aromatic carbocycles. The molecule has 124 valence electrons. The van der Waals surface area contributed by atoms with E-state index in [-0.39, 0.29) is 5.43 Å². The van der Waals surface area contributed by atoms with Crippen LogP contribution in [0.25, 0.3) is 21.9 Å². The zero-order chi connectivity index (χ0) is 17.3. The molecule has 0 spiro atoms. The van der Waals surface area contributed by atoms with Gasteiger partial charge in [-0.05, 0) is 56.2 Å². The second kappa shape index (κ2) is 6.40. The smallest absolute Gasteiger partial charge is 0.190 e. The molecule has 4 nitrogen and oxygen atoms in total. The molecule has 0 aliphatic heterocycles. The number of fused-ring (bicyclic) bond motifs is 1. The Bertz CT molecular complexity index is 936. The van der Waals surface area contributed by atoms with E-state index in [0.717, 1.165) is 22.3 Å². The molecule has 0 amide bonds. The lowest BCUT2D eigenvalue weighted by atomic mass is 10.1. The Kier molecular flexibility index (Phi) is 4.30. The molecule has 0 saturated carbocycles. The first-order chi connectivity index (χ1) is 11.5. The number of aryl methyl sites for hydroxylation is 2. The summed E-state index contributed by atoms with van der Waals surface area (Å²) in [6, 6.07) is 11.1. The van der Waals surface area contributed by atoms with E-state index in [9.17, 15) is 4.79 Å². The quantitative estimate of drug-likeness (QED) is 0.710. The summed E-state index contributed by atoms with van der Waals surface area (Å²) in [5.74, 6) is 2.75. The van der Waals surface area contributed by atoms with Gasteiger partial charge < -0.3 is 13.9 Å².